The van der Waals surface area contributed by atoms with Crippen molar-refractivity contribution in [2.45, 2.75) is 16.5 Å². The third-order valence-corrected chi connectivity index (χ3v) is 8.44. The zero-order valence-electron chi connectivity index (χ0n) is 11.5. The van der Waals surface area contributed by atoms with E-state index in [1.807, 2.05) is 0 Å². The minimum atomic E-state index is -0.990. The van der Waals surface area contributed by atoms with Gasteiger partial charge in [0.05, 0.1) is 0 Å². The van der Waals surface area contributed by atoms with Gasteiger partial charge in [0, 0.05) is 0 Å². The van der Waals surface area contributed by atoms with Crippen LogP contribution in [-0.4, -0.2) is 0 Å². The van der Waals surface area contributed by atoms with Gasteiger partial charge in [0.25, 0.3) is 0 Å². The molecule has 0 N–H and O–H groups in total. The van der Waals surface area contributed by atoms with E-state index in [1.54, 1.807) is 4.17 Å². The molecule has 1 aliphatic rings. The number of hydrogen-bond donors (Lipinski definition) is 0. The fourth-order valence-electron chi connectivity index (χ4n) is 2.28. The van der Waals surface area contributed by atoms with Gasteiger partial charge in [-0.2, -0.15) is 0 Å². The molecular formula is C19H19Ru. The maximum absolute atomic E-state index is 2.37. The van der Waals surface area contributed by atoms with Gasteiger partial charge in [-0.1, -0.05) is 0 Å². The molecule has 0 atom stereocenters. The van der Waals surface area contributed by atoms with E-state index in [4.69, 9.17) is 0 Å². The van der Waals surface area contributed by atoms with E-state index in [1.165, 1.54) is 27.6 Å². The van der Waals surface area contributed by atoms with Gasteiger partial charge in [0.2, 0.25) is 0 Å². The monoisotopic (exact) mass is 349 g/mol. The van der Waals surface area contributed by atoms with Gasteiger partial charge in [-0.15, -0.1) is 0 Å². The first kappa shape index (κ1) is 13.5. The second-order valence-electron chi connectivity index (χ2n) is 4.88. The summed E-state index contributed by atoms with van der Waals surface area (Å²) in [4.78, 5) is 0. The van der Waals surface area contributed by atoms with Crippen LogP contribution in [0.1, 0.15) is 17.5 Å². The van der Waals surface area contributed by atoms with Crippen molar-refractivity contribution in [1.29, 1.82) is 0 Å². The van der Waals surface area contributed by atoms with Gasteiger partial charge in [0.1, 0.15) is 0 Å². The van der Waals surface area contributed by atoms with Crippen LogP contribution in [0.3, 0.4) is 0 Å². The average Bonchev–Trinajstić information content (AvgIpc) is 3.03. The normalized spacial score (nSPS) is 14.2. The molecule has 0 aromatic heterocycles. The Morgan fingerprint density at radius 3 is 1.75 bits per heavy atom. The predicted octanol–water partition coefficient (Wildman–Crippen LogP) is 4.85. The van der Waals surface area contributed by atoms with Crippen LogP contribution < -0.4 is 0 Å². The first-order chi connectivity index (χ1) is 9.92. The standard InChI is InChI=1S/2C7H7.C5H5.Ru/c2*1-7-5-3-2-4-6-7;1-2-4-5-3-1;/h2*2-6H,1H2;1-3H,4H2;. The van der Waals surface area contributed by atoms with Gasteiger partial charge >= 0.3 is 127 Å². The molecule has 0 unspecified atom stereocenters. The van der Waals surface area contributed by atoms with E-state index >= 15 is 0 Å². The molecule has 0 heterocycles. The van der Waals surface area contributed by atoms with Gasteiger partial charge in [0.15, 0.2) is 0 Å². The van der Waals surface area contributed by atoms with E-state index in [2.05, 4.69) is 78.9 Å². The Balaban J connectivity index is 1.77. The molecular weight excluding hydrogens is 329 g/mol. The molecule has 2 aromatic rings. The summed E-state index contributed by atoms with van der Waals surface area (Å²) >= 11 is -0.990. The Morgan fingerprint density at radius 1 is 0.750 bits per heavy atom. The third kappa shape index (κ3) is 3.55. The molecule has 1 aliphatic carbocycles. The second kappa shape index (κ2) is 6.81. The van der Waals surface area contributed by atoms with Gasteiger partial charge in [-0.3, -0.25) is 0 Å². The summed E-state index contributed by atoms with van der Waals surface area (Å²) in [6.45, 7) is 0. The number of rotatable bonds is 5. The summed E-state index contributed by atoms with van der Waals surface area (Å²) in [5, 5.41) is 2.54. The van der Waals surface area contributed by atoms with E-state index in [0.29, 0.717) is 0 Å². The number of hydrogen-bond acceptors (Lipinski definition) is 0. The predicted molar refractivity (Wildman–Crippen MR) is 82.1 cm³/mol. The minimum absolute atomic E-state index is 0.990. The number of allylic oxidation sites excluding steroid dienone is 4. The SMILES string of the molecule is C1=CC[C]([Ru]([CH2]c2ccccc2)[CH2]c2ccccc2)=C1. The summed E-state index contributed by atoms with van der Waals surface area (Å²) in [6, 6.07) is 21.9. The molecule has 0 bridgehead atoms. The topological polar surface area (TPSA) is 0 Å². The van der Waals surface area contributed by atoms with Crippen molar-refractivity contribution in [3.63, 3.8) is 0 Å². The van der Waals surface area contributed by atoms with Crippen LogP contribution in [0.15, 0.2) is 83.1 Å². The summed E-state index contributed by atoms with van der Waals surface area (Å²) in [6.07, 6.45) is 8.07. The molecule has 3 rings (SSSR count). The first-order valence-corrected chi connectivity index (χ1v) is 10.2. The Kier molecular flexibility index (Phi) is 4.61. The van der Waals surface area contributed by atoms with Crippen molar-refractivity contribution in [2.24, 2.45) is 0 Å². The van der Waals surface area contributed by atoms with E-state index in [9.17, 15) is 0 Å². The van der Waals surface area contributed by atoms with Crippen LogP contribution in [-0.2, 0) is 26.0 Å². The number of benzene rings is 2. The van der Waals surface area contributed by atoms with Gasteiger partial charge in [-0.25, -0.2) is 0 Å². The van der Waals surface area contributed by atoms with Crippen molar-refractivity contribution in [3.8, 4) is 0 Å². The van der Waals surface area contributed by atoms with Gasteiger partial charge in [-0.05, 0) is 0 Å². The van der Waals surface area contributed by atoms with Crippen LogP contribution in [0, 0.1) is 0 Å². The van der Waals surface area contributed by atoms with Crippen molar-refractivity contribution in [2.75, 3.05) is 0 Å². The van der Waals surface area contributed by atoms with Crippen LogP contribution in [0.25, 0.3) is 0 Å². The Morgan fingerprint density at radius 2 is 1.30 bits per heavy atom. The van der Waals surface area contributed by atoms with E-state index in [-0.39, 0.29) is 0 Å². The maximum atomic E-state index is 2.37. The summed E-state index contributed by atoms with van der Waals surface area (Å²) in [7, 11) is 0. The van der Waals surface area contributed by atoms with Gasteiger partial charge < -0.3 is 0 Å². The molecule has 2 aromatic carbocycles. The van der Waals surface area contributed by atoms with E-state index < -0.39 is 16.0 Å². The second-order valence-corrected chi connectivity index (χ2v) is 9.32. The zero-order chi connectivity index (χ0) is 13.6. The molecule has 0 saturated carbocycles. The molecule has 103 valence electrons. The van der Waals surface area contributed by atoms with Crippen LogP contribution in [0.4, 0.5) is 0 Å². The summed E-state index contributed by atoms with van der Waals surface area (Å²) < 4.78 is 1.71. The Labute approximate surface area is 126 Å². The Bertz CT molecular complexity index is 555. The molecule has 0 nitrogen and oxygen atoms in total. The van der Waals surface area contributed by atoms with E-state index in [0.717, 1.165) is 0 Å². The summed E-state index contributed by atoms with van der Waals surface area (Å²) in [5.74, 6) is 0. The fraction of sp³-hybridized carbons (Fsp3) is 0.158. The summed E-state index contributed by atoms with van der Waals surface area (Å²) in [5.41, 5.74) is 2.99. The van der Waals surface area contributed by atoms with Crippen molar-refractivity contribution >= 4 is 0 Å². The van der Waals surface area contributed by atoms with Crippen molar-refractivity contribution < 1.29 is 16.0 Å². The fourth-order valence-corrected chi connectivity index (χ4v) is 7.10. The molecule has 0 radical (unpaired) electrons. The molecule has 0 amide bonds. The molecule has 0 saturated heterocycles. The van der Waals surface area contributed by atoms with Crippen LogP contribution in [0.2, 0.25) is 0 Å². The third-order valence-electron chi connectivity index (χ3n) is 3.31. The molecule has 0 fully saturated rings. The quantitative estimate of drug-likeness (QED) is 0.678. The molecule has 0 aliphatic heterocycles. The van der Waals surface area contributed by atoms with Crippen LogP contribution >= 0.6 is 0 Å². The van der Waals surface area contributed by atoms with Crippen molar-refractivity contribution in [1.82, 2.24) is 0 Å². The zero-order valence-corrected chi connectivity index (χ0v) is 13.2. The average molecular weight is 348 g/mol. The van der Waals surface area contributed by atoms with Crippen molar-refractivity contribution in [3.05, 3.63) is 94.2 Å². The molecule has 0 spiro atoms. The molecule has 20 heavy (non-hydrogen) atoms. The molecule has 1 heteroatoms. The van der Waals surface area contributed by atoms with Crippen LogP contribution in [0.5, 0.6) is 0 Å². The first-order valence-electron chi connectivity index (χ1n) is 6.92. The Hall–Kier alpha value is -1.46.